The maximum atomic E-state index is 13.0. The van der Waals surface area contributed by atoms with Gasteiger partial charge in [-0.2, -0.15) is 5.26 Å². The van der Waals surface area contributed by atoms with E-state index in [0.29, 0.717) is 18.5 Å². The van der Waals surface area contributed by atoms with E-state index in [2.05, 4.69) is 31.3 Å². The van der Waals surface area contributed by atoms with Crippen LogP contribution in [0.5, 0.6) is 0 Å². The lowest BCUT2D eigenvalue weighted by Crippen LogP contribution is -2.61. The lowest BCUT2D eigenvalue weighted by atomic mass is 10.2. The summed E-state index contributed by atoms with van der Waals surface area (Å²) in [4.78, 5) is 14.9. The fourth-order valence-corrected chi connectivity index (χ4v) is 6.27. The lowest BCUT2D eigenvalue weighted by Gasteiger charge is -2.40. The smallest absolute Gasteiger partial charge is 0.253 e. The van der Waals surface area contributed by atoms with Crippen molar-refractivity contribution in [3.8, 4) is 6.07 Å². The molecule has 1 amide bonds. The van der Waals surface area contributed by atoms with Crippen LogP contribution >= 0.6 is 0 Å². The highest BCUT2D eigenvalue weighted by molar-refractivity contribution is 6.91. The van der Waals surface area contributed by atoms with Crippen molar-refractivity contribution in [1.82, 2.24) is 4.90 Å². The summed E-state index contributed by atoms with van der Waals surface area (Å²) in [6.45, 7) is 7.07. The van der Waals surface area contributed by atoms with Gasteiger partial charge in [0.25, 0.3) is 5.91 Å². The zero-order chi connectivity index (χ0) is 17.6. The molecule has 2 rings (SSSR count). The minimum absolute atomic E-state index is 0.00913. The summed E-state index contributed by atoms with van der Waals surface area (Å²) in [6, 6.07) is 21.9. The van der Waals surface area contributed by atoms with E-state index in [9.17, 15) is 10.1 Å². The molecule has 24 heavy (non-hydrogen) atoms. The maximum absolute atomic E-state index is 13.0. The molecule has 0 spiro atoms. The molecule has 0 aliphatic rings. The van der Waals surface area contributed by atoms with Gasteiger partial charge in [-0.3, -0.25) is 4.79 Å². The Kier molecular flexibility index (Phi) is 5.94. The number of nitrogens with zero attached hydrogens (tertiary/aromatic N) is 2. The minimum Gasteiger partial charge on any atom is -0.337 e. The Morgan fingerprint density at radius 1 is 1.08 bits per heavy atom. The van der Waals surface area contributed by atoms with Gasteiger partial charge in [0.2, 0.25) is 0 Å². The summed E-state index contributed by atoms with van der Waals surface area (Å²) in [5, 5.41) is 10.6. The van der Waals surface area contributed by atoms with E-state index in [4.69, 9.17) is 0 Å². The number of carbonyl (C=O) groups excluding carboxylic acids is 1. The number of hydrogen-bond acceptors (Lipinski definition) is 2. The lowest BCUT2D eigenvalue weighted by molar-refractivity contribution is 0.0739. The number of nitriles is 1. The van der Waals surface area contributed by atoms with Crippen molar-refractivity contribution in [3.63, 3.8) is 0 Å². The fourth-order valence-electron chi connectivity index (χ4n) is 3.15. The van der Waals surface area contributed by atoms with E-state index in [1.807, 2.05) is 60.4 Å². The Bertz CT molecular complexity index is 707. The van der Waals surface area contributed by atoms with E-state index in [0.717, 1.165) is 0 Å². The normalized spacial score (nSPS) is 12.2. The minimum atomic E-state index is -2.03. The second-order valence-corrected chi connectivity index (χ2v) is 11.1. The van der Waals surface area contributed by atoms with Crippen molar-refractivity contribution in [1.29, 1.82) is 5.26 Å². The van der Waals surface area contributed by atoms with Gasteiger partial charge in [-0.05, 0) is 19.1 Å². The van der Waals surface area contributed by atoms with Crippen LogP contribution in [0.4, 0.5) is 0 Å². The molecule has 3 nitrogen and oxygen atoms in total. The summed E-state index contributed by atoms with van der Waals surface area (Å²) in [5.41, 5.74) is 0.628. The van der Waals surface area contributed by atoms with Crippen molar-refractivity contribution >= 4 is 19.2 Å². The Hall–Kier alpha value is -2.38. The Labute approximate surface area is 145 Å². The fraction of sp³-hybridized carbons (Fsp3) is 0.300. The van der Waals surface area contributed by atoms with Crippen molar-refractivity contribution in [2.24, 2.45) is 0 Å². The third-order valence-electron chi connectivity index (χ3n) is 4.63. The molecule has 0 aromatic heterocycles. The molecule has 0 saturated carbocycles. The summed E-state index contributed by atoms with van der Waals surface area (Å²) in [7, 11) is -2.03. The first-order valence-corrected chi connectivity index (χ1v) is 11.4. The zero-order valence-corrected chi connectivity index (χ0v) is 15.6. The first kappa shape index (κ1) is 18.0. The molecular formula is C20H24N2OSi. The number of benzene rings is 2. The molecule has 0 unspecified atom stereocenters. The van der Waals surface area contributed by atoms with Gasteiger partial charge in [0.15, 0.2) is 0 Å². The molecule has 0 N–H and O–H groups in total. The van der Waals surface area contributed by atoms with Crippen LogP contribution < -0.4 is 5.19 Å². The third kappa shape index (κ3) is 3.74. The van der Waals surface area contributed by atoms with Crippen LogP contribution in [-0.4, -0.2) is 31.1 Å². The molecule has 2 aromatic rings. The second-order valence-electron chi connectivity index (χ2n) is 6.42. The molecule has 0 bridgehead atoms. The molecular weight excluding hydrogens is 312 g/mol. The van der Waals surface area contributed by atoms with E-state index in [-0.39, 0.29) is 11.6 Å². The molecule has 124 valence electrons. The van der Waals surface area contributed by atoms with Gasteiger partial charge < -0.3 is 4.90 Å². The first-order valence-electron chi connectivity index (χ1n) is 8.30. The van der Waals surface area contributed by atoms with Gasteiger partial charge in [0.05, 0.1) is 12.5 Å². The van der Waals surface area contributed by atoms with E-state index in [1.165, 1.54) is 5.19 Å². The molecule has 4 heteroatoms. The second kappa shape index (κ2) is 7.94. The van der Waals surface area contributed by atoms with Gasteiger partial charge in [-0.15, -0.1) is 0 Å². The predicted molar refractivity (Wildman–Crippen MR) is 101 cm³/mol. The third-order valence-corrected chi connectivity index (χ3v) is 8.64. The number of hydrogen-bond donors (Lipinski definition) is 0. The molecule has 0 aliphatic heterocycles. The van der Waals surface area contributed by atoms with Crippen molar-refractivity contribution < 1.29 is 4.79 Å². The first-order chi connectivity index (χ1) is 11.5. The van der Waals surface area contributed by atoms with Crippen LogP contribution in [0, 0.1) is 11.3 Å². The Morgan fingerprint density at radius 2 is 1.62 bits per heavy atom. The van der Waals surface area contributed by atoms with Gasteiger partial charge in [0.1, 0.15) is 8.07 Å². The van der Waals surface area contributed by atoms with Crippen molar-refractivity contribution in [2.45, 2.75) is 32.1 Å². The number of rotatable bonds is 6. The van der Waals surface area contributed by atoms with Crippen LogP contribution in [0.15, 0.2) is 60.7 Å². The Morgan fingerprint density at radius 3 is 2.12 bits per heavy atom. The van der Waals surface area contributed by atoms with E-state index in [1.54, 1.807) is 0 Å². The molecule has 0 saturated heterocycles. The average Bonchev–Trinajstić information content (AvgIpc) is 2.63. The number of amides is 1. The topological polar surface area (TPSA) is 44.1 Å². The summed E-state index contributed by atoms with van der Waals surface area (Å²) in [6.07, 6.45) is 0.362. The summed E-state index contributed by atoms with van der Waals surface area (Å²) < 4.78 is 0. The van der Waals surface area contributed by atoms with Crippen LogP contribution in [0.1, 0.15) is 23.7 Å². The average molecular weight is 337 g/mol. The highest BCUT2D eigenvalue weighted by atomic mass is 28.3. The number of carbonyl (C=O) groups is 1. The van der Waals surface area contributed by atoms with Crippen molar-refractivity contribution in [2.75, 3.05) is 6.54 Å². The van der Waals surface area contributed by atoms with Crippen LogP contribution in [0.2, 0.25) is 13.1 Å². The van der Waals surface area contributed by atoms with Gasteiger partial charge in [-0.25, -0.2) is 0 Å². The van der Waals surface area contributed by atoms with Crippen LogP contribution in [-0.2, 0) is 0 Å². The van der Waals surface area contributed by atoms with Crippen LogP contribution in [0.3, 0.4) is 0 Å². The van der Waals surface area contributed by atoms with E-state index < -0.39 is 8.07 Å². The SMILES string of the molecule is CCN(C(=O)c1ccccc1)[C@H](CC#N)[Si](C)(C)c1ccccc1. The van der Waals surface area contributed by atoms with Crippen LogP contribution in [0.25, 0.3) is 0 Å². The standard InChI is InChI=1S/C20H24N2OSi/c1-4-22(20(23)17-11-7-5-8-12-17)19(15-16-21)24(2,3)18-13-9-6-10-14-18/h5-14,19H,4,15H2,1-3H3/t19-/m0/s1. The van der Waals surface area contributed by atoms with E-state index >= 15 is 0 Å². The largest absolute Gasteiger partial charge is 0.337 e. The molecule has 0 fully saturated rings. The predicted octanol–water partition coefficient (Wildman–Crippen LogP) is 3.59. The Balaban J connectivity index is 2.41. The van der Waals surface area contributed by atoms with Gasteiger partial charge in [0, 0.05) is 17.8 Å². The molecule has 0 heterocycles. The molecule has 0 radical (unpaired) electrons. The highest BCUT2D eigenvalue weighted by Gasteiger charge is 2.39. The summed E-state index contributed by atoms with van der Waals surface area (Å²) in [5.74, 6) is 0.00913. The zero-order valence-electron chi connectivity index (χ0n) is 14.6. The quantitative estimate of drug-likeness (QED) is 0.757. The molecule has 2 aromatic carbocycles. The monoisotopic (exact) mass is 336 g/mol. The van der Waals surface area contributed by atoms with Crippen molar-refractivity contribution in [3.05, 3.63) is 66.2 Å². The van der Waals surface area contributed by atoms with Gasteiger partial charge in [-0.1, -0.05) is 66.8 Å². The molecule has 1 atom stereocenters. The molecule has 0 aliphatic carbocycles. The highest BCUT2D eigenvalue weighted by Crippen LogP contribution is 2.21. The summed E-state index contributed by atoms with van der Waals surface area (Å²) >= 11 is 0. The maximum Gasteiger partial charge on any atom is 0.253 e. The van der Waals surface area contributed by atoms with Gasteiger partial charge >= 0.3 is 0 Å².